The van der Waals surface area contributed by atoms with Crippen molar-refractivity contribution < 1.29 is 21.6 Å². The average Bonchev–Trinajstić information content (AvgIpc) is 3.00. The summed E-state index contributed by atoms with van der Waals surface area (Å²) in [4.78, 5) is 9.46. The van der Waals surface area contributed by atoms with Crippen LogP contribution >= 0.6 is 11.3 Å². The Bertz CT molecular complexity index is 725. The molecule has 12 heteroatoms. The molecule has 1 aromatic heterocycles. The van der Waals surface area contributed by atoms with Gasteiger partial charge in [0.1, 0.15) is 5.01 Å². The van der Waals surface area contributed by atoms with Gasteiger partial charge in [0.25, 0.3) is 0 Å². The number of aryl methyl sites for hydroxylation is 1. The Labute approximate surface area is 154 Å². The molecule has 0 radical (unpaired) electrons. The summed E-state index contributed by atoms with van der Waals surface area (Å²) in [5, 5.41) is 7.18. The highest BCUT2D eigenvalue weighted by Crippen LogP contribution is 2.30. The zero-order valence-electron chi connectivity index (χ0n) is 14.5. The van der Waals surface area contributed by atoms with Crippen LogP contribution in [0.2, 0.25) is 0 Å². The molecule has 148 valence electrons. The fourth-order valence-corrected chi connectivity index (χ4v) is 4.32. The molecule has 0 atom stereocenters. The van der Waals surface area contributed by atoms with Crippen molar-refractivity contribution in [1.82, 2.24) is 19.9 Å². The number of sulfonamides is 1. The van der Waals surface area contributed by atoms with E-state index in [0.29, 0.717) is 36.2 Å². The fourth-order valence-electron chi connectivity index (χ4n) is 2.60. The van der Waals surface area contributed by atoms with E-state index >= 15 is 0 Å². The van der Waals surface area contributed by atoms with Crippen LogP contribution in [0.4, 0.5) is 13.2 Å². The number of aromatic nitrogens is 1. The van der Waals surface area contributed by atoms with Gasteiger partial charge in [-0.15, -0.1) is 11.3 Å². The van der Waals surface area contributed by atoms with Gasteiger partial charge in [0, 0.05) is 37.8 Å². The molecule has 0 saturated carbocycles. The van der Waals surface area contributed by atoms with E-state index in [0.717, 1.165) is 9.88 Å². The van der Waals surface area contributed by atoms with Crippen molar-refractivity contribution in [3.8, 4) is 0 Å². The number of nitrogens with zero attached hydrogens (tertiary/aromatic N) is 3. The second kappa shape index (κ2) is 8.53. The summed E-state index contributed by atoms with van der Waals surface area (Å²) in [5.41, 5.74) is -5.24. The van der Waals surface area contributed by atoms with Gasteiger partial charge < -0.3 is 10.6 Å². The van der Waals surface area contributed by atoms with Crippen LogP contribution in [0.25, 0.3) is 0 Å². The largest absolute Gasteiger partial charge is 0.511 e. The number of nitrogens with one attached hydrogen (secondary N) is 2. The Morgan fingerprint density at radius 1 is 1.38 bits per heavy atom. The Kier molecular flexibility index (Phi) is 6.86. The van der Waals surface area contributed by atoms with E-state index in [1.54, 1.807) is 24.6 Å². The topological polar surface area (TPSA) is 86.7 Å². The second-order valence-corrected chi connectivity index (χ2v) is 9.21. The first-order valence-electron chi connectivity index (χ1n) is 8.05. The lowest BCUT2D eigenvalue weighted by atomic mass is 9.98. The van der Waals surface area contributed by atoms with Gasteiger partial charge in [0.2, 0.25) is 0 Å². The number of hydrogen-bond donors (Lipinski definition) is 2. The van der Waals surface area contributed by atoms with E-state index in [1.165, 1.54) is 0 Å². The van der Waals surface area contributed by atoms with Crippen molar-refractivity contribution in [2.75, 3.05) is 26.7 Å². The summed E-state index contributed by atoms with van der Waals surface area (Å²) < 4.78 is 61.0. The standard InChI is InChI=1S/C14H22F3N5O2S2/c1-10-7-19-12(25-10)9-21-13(18-2)20-8-11-3-5-22(6-4-11)26(23,24)14(15,16)17/h7,11H,3-6,8-9H2,1-2H3,(H2,18,20,21). The average molecular weight is 413 g/mol. The zero-order chi connectivity index (χ0) is 19.4. The second-order valence-electron chi connectivity index (χ2n) is 5.96. The lowest BCUT2D eigenvalue weighted by Gasteiger charge is -2.31. The Morgan fingerprint density at radius 3 is 2.54 bits per heavy atom. The smallest absolute Gasteiger partial charge is 0.356 e. The van der Waals surface area contributed by atoms with Crippen LogP contribution in [0.15, 0.2) is 11.2 Å². The first kappa shape index (κ1) is 20.9. The molecule has 26 heavy (non-hydrogen) atoms. The number of aliphatic imine (C=N–C) groups is 1. The van der Waals surface area contributed by atoms with Gasteiger partial charge in [-0.25, -0.2) is 13.4 Å². The number of thiazole rings is 1. The van der Waals surface area contributed by atoms with Crippen LogP contribution in [-0.2, 0) is 16.6 Å². The molecule has 0 amide bonds. The van der Waals surface area contributed by atoms with Gasteiger partial charge in [-0.1, -0.05) is 0 Å². The Morgan fingerprint density at radius 2 is 2.04 bits per heavy atom. The van der Waals surface area contributed by atoms with E-state index in [1.807, 2.05) is 6.92 Å². The van der Waals surface area contributed by atoms with Gasteiger partial charge >= 0.3 is 15.5 Å². The fraction of sp³-hybridized carbons (Fsp3) is 0.714. The normalized spacial score (nSPS) is 18.1. The minimum absolute atomic E-state index is 0.0790. The molecular formula is C14H22F3N5O2S2. The van der Waals surface area contributed by atoms with Crippen molar-refractivity contribution in [3.63, 3.8) is 0 Å². The van der Waals surface area contributed by atoms with Gasteiger partial charge in [0.05, 0.1) is 6.54 Å². The maximum Gasteiger partial charge on any atom is 0.511 e. The highest BCUT2D eigenvalue weighted by molar-refractivity contribution is 7.90. The summed E-state index contributed by atoms with van der Waals surface area (Å²) in [6, 6.07) is 0. The molecule has 1 aliphatic heterocycles. The maximum absolute atomic E-state index is 12.6. The van der Waals surface area contributed by atoms with Gasteiger partial charge in [0.15, 0.2) is 5.96 Å². The van der Waals surface area contributed by atoms with Crippen molar-refractivity contribution in [2.24, 2.45) is 10.9 Å². The summed E-state index contributed by atoms with van der Waals surface area (Å²) in [6.45, 7) is 2.76. The number of alkyl halides is 3. The third-order valence-electron chi connectivity index (χ3n) is 4.06. The van der Waals surface area contributed by atoms with E-state index in [2.05, 4.69) is 20.6 Å². The molecule has 1 fully saturated rings. The molecule has 0 aromatic carbocycles. The molecule has 2 N–H and O–H groups in total. The Hall–Kier alpha value is -1.40. The zero-order valence-corrected chi connectivity index (χ0v) is 16.1. The van der Waals surface area contributed by atoms with Crippen molar-refractivity contribution >= 4 is 27.3 Å². The minimum Gasteiger partial charge on any atom is -0.356 e. The summed E-state index contributed by atoms with van der Waals surface area (Å²) >= 11 is 1.58. The number of guanidine groups is 1. The summed E-state index contributed by atoms with van der Waals surface area (Å²) in [5.74, 6) is 0.651. The molecule has 0 bridgehead atoms. The van der Waals surface area contributed by atoms with Crippen LogP contribution in [0.5, 0.6) is 0 Å². The highest BCUT2D eigenvalue weighted by atomic mass is 32.2. The molecule has 1 saturated heterocycles. The van der Waals surface area contributed by atoms with E-state index < -0.39 is 15.5 Å². The molecule has 0 spiro atoms. The molecule has 2 rings (SSSR count). The number of halogens is 3. The van der Waals surface area contributed by atoms with Gasteiger partial charge in [-0.2, -0.15) is 17.5 Å². The van der Waals surface area contributed by atoms with Crippen LogP contribution in [0.1, 0.15) is 22.7 Å². The van der Waals surface area contributed by atoms with E-state index in [-0.39, 0.29) is 19.0 Å². The van der Waals surface area contributed by atoms with Crippen LogP contribution in [-0.4, -0.2) is 55.9 Å². The van der Waals surface area contributed by atoms with Gasteiger partial charge in [-0.3, -0.25) is 4.99 Å². The van der Waals surface area contributed by atoms with Gasteiger partial charge in [-0.05, 0) is 25.7 Å². The summed E-state index contributed by atoms with van der Waals surface area (Å²) in [7, 11) is -3.60. The third-order valence-corrected chi connectivity index (χ3v) is 6.61. The first-order valence-corrected chi connectivity index (χ1v) is 10.3. The monoisotopic (exact) mass is 413 g/mol. The van der Waals surface area contributed by atoms with Crippen molar-refractivity contribution in [3.05, 3.63) is 16.1 Å². The van der Waals surface area contributed by atoms with Crippen LogP contribution in [0, 0.1) is 12.8 Å². The predicted octanol–water partition coefficient (Wildman–Crippen LogP) is 1.68. The molecule has 0 unspecified atom stereocenters. The number of piperidine rings is 1. The van der Waals surface area contributed by atoms with Crippen molar-refractivity contribution in [2.45, 2.75) is 31.8 Å². The Balaban J connectivity index is 1.76. The minimum atomic E-state index is -5.24. The SMILES string of the molecule is CN=C(NCc1ncc(C)s1)NCC1CCN(S(=O)(=O)C(F)(F)F)CC1. The lowest BCUT2D eigenvalue weighted by molar-refractivity contribution is -0.0496. The molecule has 2 heterocycles. The molecular weight excluding hydrogens is 391 g/mol. The molecule has 7 nitrogen and oxygen atoms in total. The number of hydrogen-bond acceptors (Lipinski definition) is 5. The van der Waals surface area contributed by atoms with Crippen LogP contribution < -0.4 is 10.6 Å². The van der Waals surface area contributed by atoms with Crippen molar-refractivity contribution in [1.29, 1.82) is 0 Å². The molecule has 1 aliphatic rings. The van der Waals surface area contributed by atoms with E-state index in [4.69, 9.17) is 0 Å². The molecule has 0 aliphatic carbocycles. The molecule has 1 aromatic rings. The summed E-state index contributed by atoms with van der Waals surface area (Å²) in [6.07, 6.45) is 2.52. The lowest BCUT2D eigenvalue weighted by Crippen LogP contribution is -2.47. The maximum atomic E-state index is 12.6. The van der Waals surface area contributed by atoms with E-state index in [9.17, 15) is 21.6 Å². The third kappa shape index (κ3) is 5.30. The quantitative estimate of drug-likeness (QED) is 0.567. The van der Waals surface area contributed by atoms with Crippen LogP contribution in [0.3, 0.4) is 0 Å². The highest BCUT2D eigenvalue weighted by Gasteiger charge is 2.50. The first-order chi connectivity index (χ1) is 12.1. The predicted molar refractivity (Wildman–Crippen MR) is 94.3 cm³/mol. The number of rotatable bonds is 5.